The van der Waals surface area contributed by atoms with Crippen LogP contribution in [0.1, 0.15) is 74.2 Å². The zero-order valence-corrected chi connectivity index (χ0v) is 33.9. The van der Waals surface area contributed by atoms with Crippen molar-refractivity contribution in [3.05, 3.63) is 119 Å². The third-order valence-electron chi connectivity index (χ3n) is 12.8. The molecule has 0 radical (unpaired) electrons. The van der Waals surface area contributed by atoms with Crippen LogP contribution >= 0.6 is 12.4 Å². The summed E-state index contributed by atoms with van der Waals surface area (Å²) in [5, 5.41) is 14.6. The number of nitrogens with zero attached hydrogens (tertiary/aromatic N) is 3. The molecule has 1 unspecified atom stereocenters. The molecule has 0 aromatic heterocycles. The van der Waals surface area contributed by atoms with Gasteiger partial charge < -0.3 is 39.0 Å². The fourth-order valence-corrected chi connectivity index (χ4v) is 9.25. The Morgan fingerprint density at radius 1 is 0.825 bits per heavy atom. The van der Waals surface area contributed by atoms with Crippen molar-refractivity contribution < 1.29 is 33.4 Å². The van der Waals surface area contributed by atoms with E-state index in [4.69, 9.17) is 9.47 Å². The van der Waals surface area contributed by atoms with Gasteiger partial charge >= 0.3 is 6.03 Å². The number of quaternary nitrogens is 1. The number of likely N-dealkylation sites (tertiary alicyclic amines) is 1. The normalized spacial score (nSPS) is 22.3. The van der Waals surface area contributed by atoms with Crippen molar-refractivity contribution >= 4 is 41.7 Å². The van der Waals surface area contributed by atoms with E-state index in [2.05, 4.69) is 29.6 Å². The molecule has 300 valence electrons. The Morgan fingerprint density at radius 3 is 2.00 bits per heavy atom. The third kappa shape index (κ3) is 8.21. The molecule has 5 aliphatic heterocycles. The number of benzene rings is 4. The van der Waals surface area contributed by atoms with Crippen molar-refractivity contribution in [2.75, 3.05) is 42.9 Å². The molecule has 10 nitrogen and oxygen atoms in total. The number of halogens is 1. The number of carbonyl (C=O) groups is 3. The van der Waals surface area contributed by atoms with Crippen LogP contribution in [0.25, 0.3) is 0 Å². The van der Waals surface area contributed by atoms with E-state index in [1.165, 1.54) is 62.8 Å². The molecule has 4 aromatic carbocycles. The number of fused-ring (bicyclic) bond motifs is 3. The first-order valence-corrected chi connectivity index (χ1v) is 20.0. The van der Waals surface area contributed by atoms with Gasteiger partial charge in [-0.2, -0.15) is 0 Å². The monoisotopic (exact) mass is 792 g/mol. The van der Waals surface area contributed by atoms with Gasteiger partial charge in [-0.3, -0.25) is 4.79 Å². The summed E-state index contributed by atoms with van der Waals surface area (Å²) in [7, 11) is 0. The van der Waals surface area contributed by atoms with Crippen LogP contribution in [-0.4, -0.2) is 65.6 Å². The van der Waals surface area contributed by atoms with Crippen molar-refractivity contribution in [3.8, 4) is 11.5 Å². The van der Waals surface area contributed by atoms with Gasteiger partial charge in [-0.25, -0.2) is 4.79 Å². The van der Waals surface area contributed by atoms with Crippen molar-refractivity contribution in [3.63, 3.8) is 0 Å². The van der Waals surface area contributed by atoms with Crippen LogP contribution in [-0.2, 0) is 22.7 Å². The molecule has 5 aliphatic rings. The van der Waals surface area contributed by atoms with Gasteiger partial charge in [-0.1, -0.05) is 54.1 Å². The molecule has 0 aliphatic carbocycles. The van der Waals surface area contributed by atoms with Crippen LogP contribution in [0, 0.1) is 18.3 Å². The molecule has 57 heavy (non-hydrogen) atoms. The molecule has 5 fully saturated rings. The molecule has 0 saturated carbocycles. The van der Waals surface area contributed by atoms with E-state index >= 15 is 0 Å². The Morgan fingerprint density at radius 2 is 1.40 bits per heavy atom. The van der Waals surface area contributed by atoms with E-state index in [0.717, 1.165) is 46.3 Å². The lowest BCUT2D eigenvalue weighted by molar-refractivity contribution is -0.955. The first kappa shape index (κ1) is 40.1. The molecule has 4 aromatic rings. The Hall–Kier alpha value is -5.06. The number of anilines is 2. The van der Waals surface area contributed by atoms with E-state index in [9.17, 15) is 19.5 Å². The largest absolute Gasteiger partial charge is 0.546 e. The first-order chi connectivity index (χ1) is 26.9. The van der Waals surface area contributed by atoms with Crippen LogP contribution in [0.5, 0.6) is 11.5 Å². The first-order valence-electron chi connectivity index (χ1n) is 20.0. The van der Waals surface area contributed by atoms with Gasteiger partial charge in [0.1, 0.15) is 30.3 Å². The molecule has 5 saturated heterocycles. The number of carbonyl (C=O) groups excluding carboxylic acids is 3. The zero-order chi connectivity index (χ0) is 39.1. The van der Waals surface area contributed by atoms with E-state index in [0.29, 0.717) is 38.3 Å². The smallest absolute Gasteiger partial charge is 0.321 e. The highest BCUT2D eigenvalue weighted by molar-refractivity contribution is 6.06. The summed E-state index contributed by atoms with van der Waals surface area (Å²) < 4.78 is 13.2. The minimum Gasteiger partial charge on any atom is -0.546 e. The summed E-state index contributed by atoms with van der Waals surface area (Å²) in [6.07, 6.45) is 5.14. The van der Waals surface area contributed by atoms with Gasteiger partial charge in [0.05, 0.1) is 37.1 Å². The topological polar surface area (TPSA) is 111 Å². The summed E-state index contributed by atoms with van der Waals surface area (Å²) in [4.78, 5) is 42.7. The summed E-state index contributed by atoms with van der Waals surface area (Å²) in [5.74, 6) is 0.780. The van der Waals surface area contributed by atoms with E-state index < -0.39 is 17.0 Å². The van der Waals surface area contributed by atoms with Crippen molar-refractivity contribution in [2.45, 2.75) is 77.7 Å². The second kappa shape index (κ2) is 16.1. The average molecular weight is 793 g/mol. The van der Waals surface area contributed by atoms with Gasteiger partial charge in [0.25, 0.3) is 0 Å². The van der Waals surface area contributed by atoms with Crippen LogP contribution in [0.15, 0.2) is 97.1 Å². The third-order valence-corrected chi connectivity index (χ3v) is 12.8. The SMILES string of the molecule is Cc1ccc(NC(=O)N2CCC3(CC2)C(=O)N(c2ccc(OCc4ccc(C[N+]56CCC(CC5)CC6)cc4)cc2)C3c2ccc(OC(C)(C)C(=O)[O-])cc2)cc1.Cl. The predicted molar refractivity (Wildman–Crippen MR) is 220 cm³/mol. The Balaban J connectivity index is 0.00000496. The van der Waals surface area contributed by atoms with Crippen LogP contribution in [0.3, 0.4) is 0 Å². The van der Waals surface area contributed by atoms with Gasteiger partial charge in [-0.05, 0) is 118 Å². The van der Waals surface area contributed by atoms with Crippen molar-refractivity contribution in [2.24, 2.45) is 11.3 Å². The minimum absolute atomic E-state index is 0. The van der Waals surface area contributed by atoms with E-state index in [1.54, 1.807) is 17.0 Å². The maximum atomic E-state index is 14.3. The maximum absolute atomic E-state index is 14.3. The summed E-state index contributed by atoms with van der Waals surface area (Å²) >= 11 is 0. The number of aryl methyl sites for hydroxylation is 1. The number of carboxylic acid groups (broad SMARTS) is 1. The van der Waals surface area contributed by atoms with E-state index in [1.807, 2.05) is 72.5 Å². The van der Waals surface area contributed by atoms with Gasteiger partial charge in [-0.15, -0.1) is 12.4 Å². The summed E-state index contributed by atoms with van der Waals surface area (Å²) in [5.41, 5.74) is 3.80. The molecule has 1 N–H and O–H groups in total. The standard InChI is InChI=1S/C46H52N4O6.ClH/c1-32-4-12-37(13-5-32)47-44(54)48-25-23-46(24-26-48)41(36-10-16-40(17-11-36)56-45(2,3)43(52)53)49(42(46)51)38-14-18-39(19-15-38)55-31-35-8-6-34(7-9-35)30-50-27-20-33(21-28-50)22-29-50;/h4-19,33,41H,20-31H2,1-3H3,(H-,47,52,53,54);1H. The highest BCUT2D eigenvalue weighted by Gasteiger charge is 2.62. The van der Waals surface area contributed by atoms with Gasteiger partial charge in [0.2, 0.25) is 5.91 Å². The lowest BCUT2D eigenvalue weighted by Crippen LogP contribution is -2.67. The molecule has 1 spiro atoms. The van der Waals surface area contributed by atoms with Crippen molar-refractivity contribution in [1.29, 1.82) is 0 Å². The molecule has 9 rings (SSSR count). The number of hydrogen-bond acceptors (Lipinski definition) is 6. The summed E-state index contributed by atoms with van der Waals surface area (Å²) in [6, 6.07) is 31.0. The number of β-lactam (4-membered cyclic amide) rings is 1. The highest BCUT2D eigenvalue weighted by atomic mass is 35.5. The minimum atomic E-state index is -1.51. The van der Waals surface area contributed by atoms with Crippen LogP contribution < -0.4 is 24.8 Å². The average Bonchev–Trinajstić information content (AvgIpc) is 3.21. The van der Waals surface area contributed by atoms with E-state index in [-0.39, 0.29) is 30.4 Å². The zero-order valence-electron chi connectivity index (χ0n) is 33.1. The predicted octanol–water partition coefficient (Wildman–Crippen LogP) is 7.44. The number of urea groups is 1. The van der Waals surface area contributed by atoms with Crippen LogP contribution in [0.4, 0.5) is 16.2 Å². The van der Waals surface area contributed by atoms with Gasteiger partial charge in [0, 0.05) is 30.0 Å². The number of rotatable bonds is 11. The Kier molecular flexibility index (Phi) is 11.3. The number of nitrogens with one attached hydrogen (secondary N) is 1. The fraction of sp³-hybridized carbons (Fsp3) is 0.413. The second-order valence-electron chi connectivity index (χ2n) is 17.0. The molecular weight excluding hydrogens is 740 g/mol. The second-order valence-corrected chi connectivity index (χ2v) is 17.0. The number of amides is 3. The molecular formula is C46H53ClN4O6. The lowest BCUT2D eigenvalue weighted by atomic mass is 9.62. The number of ether oxygens (including phenoxy) is 2. The Bertz CT molecular complexity index is 2040. The number of carboxylic acids is 1. The van der Waals surface area contributed by atoms with Crippen molar-refractivity contribution in [1.82, 2.24) is 4.90 Å². The fourth-order valence-electron chi connectivity index (χ4n) is 9.25. The highest BCUT2D eigenvalue weighted by Crippen LogP contribution is 2.57. The molecule has 2 bridgehead atoms. The number of hydrogen-bond donors (Lipinski definition) is 1. The van der Waals surface area contributed by atoms with Gasteiger partial charge in [0.15, 0.2) is 0 Å². The lowest BCUT2D eigenvalue weighted by Gasteiger charge is -2.59. The maximum Gasteiger partial charge on any atom is 0.321 e. The number of aliphatic carboxylic acids is 1. The van der Waals surface area contributed by atoms with Crippen LogP contribution in [0.2, 0.25) is 0 Å². The summed E-state index contributed by atoms with van der Waals surface area (Å²) in [6.45, 7) is 11.3. The molecule has 1 atom stereocenters. The quantitative estimate of drug-likeness (QED) is 0.125. The molecule has 3 amide bonds. The molecule has 5 heterocycles. The Labute approximate surface area is 341 Å². The molecule has 11 heteroatoms. The number of piperidine rings is 4.